The van der Waals surface area contributed by atoms with Gasteiger partial charge in [0.25, 0.3) is 0 Å². The Bertz CT molecular complexity index is 456. The van der Waals surface area contributed by atoms with Crippen molar-refractivity contribution in [1.82, 2.24) is 10.2 Å². The van der Waals surface area contributed by atoms with Crippen LogP contribution in [0.4, 0.5) is 4.39 Å². The number of nitrogens with one attached hydrogen (secondary N) is 1. The van der Waals surface area contributed by atoms with Crippen molar-refractivity contribution >= 4 is 5.91 Å². The van der Waals surface area contributed by atoms with Gasteiger partial charge in [-0.15, -0.1) is 0 Å². The van der Waals surface area contributed by atoms with Crippen LogP contribution in [0.15, 0.2) is 24.3 Å². The number of nitrogens with zero attached hydrogens (tertiary/aromatic N) is 2. The number of amides is 1. The van der Waals surface area contributed by atoms with E-state index in [0.29, 0.717) is 26.1 Å². The first kappa shape index (κ1) is 15.1. The van der Waals surface area contributed by atoms with Gasteiger partial charge in [0.1, 0.15) is 5.82 Å². The zero-order valence-electron chi connectivity index (χ0n) is 11.0. The van der Waals surface area contributed by atoms with Gasteiger partial charge in [0, 0.05) is 13.1 Å². The van der Waals surface area contributed by atoms with Crippen molar-refractivity contribution in [3.63, 3.8) is 0 Å². The zero-order valence-corrected chi connectivity index (χ0v) is 11.0. The van der Waals surface area contributed by atoms with E-state index >= 15 is 0 Å². The summed E-state index contributed by atoms with van der Waals surface area (Å²) in [6, 6.07) is 8.32. The summed E-state index contributed by atoms with van der Waals surface area (Å²) in [5.74, 6) is -0.388. The minimum absolute atomic E-state index is 0.117. The Labute approximate surface area is 112 Å². The van der Waals surface area contributed by atoms with Gasteiger partial charge in [-0.2, -0.15) is 5.26 Å². The molecular weight excluding hydrogens is 245 g/mol. The van der Waals surface area contributed by atoms with Gasteiger partial charge in [0.05, 0.1) is 19.0 Å². The number of hydrogen-bond donors (Lipinski definition) is 1. The van der Waals surface area contributed by atoms with Crippen LogP contribution in [0.3, 0.4) is 0 Å². The summed E-state index contributed by atoms with van der Waals surface area (Å²) < 4.78 is 13.1. The minimum atomic E-state index is -0.271. The molecule has 0 aromatic heterocycles. The maximum absolute atomic E-state index is 13.1. The van der Waals surface area contributed by atoms with Crippen LogP contribution >= 0.6 is 0 Å². The monoisotopic (exact) mass is 263 g/mol. The van der Waals surface area contributed by atoms with Crippen molar-refractivity contribution in [1.29, 1.82) is 5.26 Å². The van der Waals surface area contributed by atoms with Gasteiger partial charge < -0.3 is 5.32 Å². The van der Waals surface area contributed by atoms with Crippen LogP contribution in [0, 0.1) is 17.1 Å². The standard InChI is InChI=1S/C14H18FN3O/c1-2-18(11-14(19)17-8-4-7-16)10-12-5-3-6-13(15)9-12/h3,5-6,9H,2,4,8,10-11H2,1H3,(H,17,19). The van der Waals surface area contributed by atoms with Crippen LogP contribution < -0.4 is 5.32 Å². The normalized spacial score (nSPS) is 10.2. The summed E-state index contributed by atoms with van der Waals surface area (Å²) in [5, 5.41) is 11.0. The van der Waals surface area contributed by atoms with Crippen LogP contribution in [-0.2, 0) is 11.3 Å². The Kier molecular flexibility index (Phi) is 6.55. The molecule has 0 saturated heterocycles. The fourth-order valence-corrected chi connectivity index (χ4v) is 1.69. The Balaban J connectivity index is 2.45. The fourth-order valence-electron chi connectivity index (χ4n) is 1.69. The SMILES string of the molecule is CCN(CC(=O)NCCC#N)Cc1cccc(F)c1. The molecule has 5 heteroatoms. The lowest BCUT2D eigenvalue weighted by atomic mass is 10.2. The van der Waals surface area contributed by atoms with Gasteiger partial charge in [-0.3, -0.25) is 9.69 Å². The molecular formula is C14H18FN3O. The molecule has 0 atom stereocenters. The van der Waals surface area contributed by atoms with Crippen LogP contribution in [0.5, 0.6) is 0 Å². The Morgan fingerprint density at radius 3 is 2.95 bits per heavy atom. The van der Waals surface area contributed by atoms with Gasteiger partial charge in [0.15, 0.2) is 0 Å². The second-order valence-corrected chi connectivity index (χ2v) is 4.19. The van der Waals surface area contributed by atoms with E-state index in [-0.39, 0.29) is 18.3 Å². The molecule has 0 heterocycles. The maximum Gasteiger partial charge on any atom is 0.234 e. The molecule has 0 saturated carbocycles. The van der Waals surface area contributed by atoms with Crippen LogP contribution in [-0.4, -0.2) is 30.4 Å². The van der Waals surface area contributed by atoms with Gasteiger partial charge in [0.2, 0.25) is 5.91 Å². The van der Waals surface area contributed by atoms with Crippen molar-refractivity contribution in [3.05, 3.63) is 35.6 Å². The summed E-state index contributed by atoms with van der Waals surface area (Å²) >= 11 is 0. The maximum atomic E-state index is 13.1. The number of carbonyl (C=O) groups is 1. The number of carbonyl (C=O) groups excluding carboxylic acids is 1. The van der Waals surface area contributed by atoms with Crippen molar-refractivity contribution in [3.8, 4) is 6.07 Å². The van der Waals surface area contributed by atoms with Crippen molar-refractivity contribution < 1.29 is 9.18 Å². The summed E-state index contributed by atoms with van der Waals surface area (Å²) in [6.45, 7) is 3.79. The number of benzene rings is 1. The lowest BCUT2D eigenvalue weighted by molar-refractivity contribution is -0.122. The second kappa shape index (κ2) is 8.22. The number of nitriles is 1. The first-order valence-corrected chi connectivity index (χ1v) is 6.26. The predicted molar refractivity (Wildman–Crippen MR) is 70.6 cm³/mol. The average Bonchev–Trinajstić information content (AvgIpc) is 2.38. The van der Waals surface area contributed by atoms with Crippen LogP contribution in [0.25, 0.3) is 0 Å². The number of likely N-dealkylation sites (N-methyl/N-ethyl adjacent to an activating group) is 1. The van der Waals surface area contributed by atoms with E-state index < -0.39 is 0 Å². The molecule has 1 N–H and O–H groups in total. The van der Waals surface area contributed by atoms with Crippen molar-refractivity contribution in [2.24, 2.45) is 0 Å². The Hall–Kier alpha value is -1.93. The quantitative estimate of drug-likeness (QED) is 0.761. The Morgan fingerprint density at radius 1 is 1.53 bits per heavy atom. The molecule has 1 rings (SSSR count). The van der Waals surface area contributed by atoms with Gasteiger partial charge in [-0.05, 0) is 24.2 Å². The third kappa shape index (κ3) is 5.98. The van der Waals surface area contributed by atoms with Crippen molar-refractivity contribution in [2.75, 3.05) is 19.6 Å². The van der Waals surface area contributed by atoms with E-state index in [1.165, 1.54) is 12.1 Å². The largest absolute Gasteiger partial charge is 0.354 e. The predicted octanol–water partition coefficient (Wildman–Crippen LogP) is 1.68. The van der Waals surface area contributed by atoms with Gasteiger partial charge in [-0.1, -0.05) is 19.1 Å². The smallest absolute Gasteiger partial charge is 0.234 e. The molecule has 1 aromatic carbocycles. The Morgan fingerprint density at radius 2 is 2.32 bits per heavy atom. The van der Waals surface area contributed by atoms with E-state index in [2.05, 4.69) is 5.32 Å². The second-order valence-electron chi connectivity index (χ2n) is 4.19. The van der Waals surface area contributed by atoms with E-state index in [9.17, 15) is 9.18 Å². The molecule has 1 amide bonds. The van der Waals surface area contributed by atoms with Gasteiger partial charge >= 0.3 is 0 Å². The zero-order chi connectivity index (χ0) is 14.1. The first-order chi connectivity index (χ1) is 9.15. The van der Waals surface area contributed by atoms with E-state index in [4.69, 9.17) is 5.26 Å². The van der Waals surface area contributed by atoms with E-state index in [1.54, 1.807) is 6.07 Å². The molecule has 1 aromatic rings. The van der Waals surface area contributed by atoms with Crippen molar-refractivity contribution in [2.45, 2.75) is 19.9 Å². The molecule has 0 spiro atoms. The van der Waals surface area contributed by atoms with Gasteiger partial charge in [-0.25, -0.2) is 4.39 Å². The molecule has 0 unspecified atom stereocenters. The molecule has 19 heavy (non-hydrogen) atoms. The number of halogens is 1. The topological polar surface area (TPSA) is 56.1 Å². The molecule has 0 aliphatic rings. The molecule has 0 aliphatic heterocycles. The average molecular weight is 263 g/mol. The van der Waals surface area contributed by atoms with E-state index in [0.717, 1.165) is 5.56 Å². The first-order valence-electron chi connectivity index (χ1n) is 6.26. The van der Waals surface area contributed by atoms with E-state index in [1.807, 2.05) is 24.0 Å². The molecule has 4 nitrogen and oxygen atoms in total. The number of rotatable bonds is 7. The van der Waals surface area contributed by atoms with Crippen LogP contribution in [0.1, 0.15) is 18.9 Å². The third-order valence-corrected chi connectivity index (χ3v) is 2.67. The highest BCUT2D eigenvalue weighted by atomic mass is 19.1. The molecule has 0 fully saturated rings. The summed E-state index contributed by atoms with van der Waals surface area (Å²) in [4.78, 5) is 13.5. The highest BCUT2D eigenvalue weighted by Crippen LogP contribution is 2.06. The molecule has 0 radical (unpaired) electrons. The summed E-state index contributed by atoms with van der Waals surface area (Å²) in [5.41, 5.74) is 0.840. The van der Waals surface area contributed by atoms with Crippen LogP contribution in [0.2, 0.25) is 0 Å². The fraction of sp³-hybridized carbons (Fsp3) is 0.429. The molecule has 102 valence electrons. The highest BCUT2D eigenvalue weighted by Gasteiger charge is 2.09. The minimum Gasteiger partial charge on any atom is -0.354 e. The lowest BCUT2D eigenvalue weighted by Crippen LogP contribution is -2.37. The lowest BCUT2D eigenvalue weighted by Gasteiger charge is -2.19. The summed E-state index contributed by atoms with van der Waals surface area (Å²) in [7, 11) is 0. The number of hydrogen-bond acceptors (Lipinski definition) is 3. The summed E-state index contributed by atoms with van der Waals surface area (Å²) in [6.07, 6.45) is 0.307. The molecule has 0 aliphatic carbocycles. The molecule has 0 bridgehead atoms. The third-order valence-electron chi connectivity index (χ3n) is 2.67. The highest BCUT2D eigenvalue weighted by molar-refractivity contribution is 5.77.